The van der Waals surface area contributed by atoms with Crippen LogP contribution in [-0.4, -0.2) is 48.4 Å². The van der Waals surface area contributed by atoms with Gasteiger partial charge >= 0.3 is 20.6 Å². The van der Waals surface area contributed by atoms with Gasteiger partial charge in [0.05, 0.1) is 11.5 Å². The van der Waals surface area contributed by atoms with Crippen LogP contribution in [0.5, 0.6) is 5.75 Å². The highest BCUT2D eigenvalue weighted by Gasteiger charge is 2.17. The molecule has 0 spiro atoms. The Balaban J connectivity index is 0.000000926. The minimum Gasteiger partial charge on any atom is -0.494 e. The Morgan fingerprint density at radius 1 is 1.00 bits per heavy atom. The molecule has 14 nitrogen and oxygen atoms in total. The highest BCUT2D eigenvalue weighted by Crippen LogP contribution is 2.22. The molecule has 3 rings (SSSR count). The van der Waals surface area contributed by atoms with Crippen molar-refractivity contribution in [2.24, 2.45) is 0 Å². The van der Waals surface area contributed by atoms with Gasteiger partial charge in [-0.15, -0.1) is 3.89 Å². The van der Waals surface area contributed by atoms with Crippen molar-refractivity contribution >= 4 is 49.8 Å². The number of anilines is 4. The highest BCUT2D eigenvalue weighted by molar-refractivity contribution is 7.86. The van der Waals surface area contributed by atoms with E-state index in [9.17, 15) is 17.1 Å². The fourth-order valence-corrected chi connectivity index (χ4v) is 3.55. The number of nitrogens with one attached hydrogen (secondary N) is 1. The van der Waals surface area contributed by atoms with Crippen molar-refractivity contribution in [3.05, 3.63) is 59.2 Å². The number of halogens is 1. The topological polar surface area (TPSA) is 251 Å². The zero-order chi connectivity index (χ0) is 28.7. The molecule has 0 atom stereocenters. The molecule has 0 radical (unpaired) electrons. The molecule has 1 aromatic heterocycles. The van der Waals surface area contributed by atoms with Crippen molar-refractivity contribution in [3.63, 3.8) is 0 Å². The van der Waals surface area contributed by atoms with Gasteiger partial charge in [0, 0.05) is 16.8 Å². The lowest BCUT2D eigenvalue weighted by Crippen LogP contribution is -2.14. The number of nitrogens with zero attached hydrogens (tertiary/aromatic N) is 2. The van der Waals surface area contributed by atoms with Crippen LogP contribution in [0.3, 0.4) is 0 Å². The highest BCUT2D eigenvalue weighted by atomic mass is 32.3. The number of nitrogen functional groups attached to an aromatic ring is 3. The lowest BCUT2D eigenvalue weighted by Gasteiger charge is -2.11. The van der Waals surface area contributed by atoms with Crippen LogP contribution in [0.4, 0.5) is 27.2 Å². The van der Waals surface area contributed by atoms with E-state index in [0.717, 1.165) is 12.1 Å². The van der Waals surface area contributed by atoms with E-state index in [4.69, 9.17) is 39.5 Å². The first-order valence-corrected chi connectivity index (χ1v) is 13.3. The molecule has 38 heavy (non-hydrogen) atoms. The second-order valence-electron chi connectivity index (χ2n) is 7.62. The largest absolute Gasteiger partial charge is 0.494 e. The van der Waals surface area contributed by atoms with E-state index in [1.165, 1.54) is 6.07 Å². The third-order valence-electron chi connectivity index (χ3n) is 4.78. The molecule has 1 heterocycles. The summed E-state index contributed by atoms with van der Waals surface area (Å²) in [7, 11) is -9.58. The fourth-order valence-electron chi connectivity index (χ4n) is 3.06. The first-order valence-electron chi connectivity index (χ1n) is 10.5. The van der Waals surface area contributed by atoms with Crippen LogP contribution >= 0.6 is 0 Å². The lowest BCUT2D eigenvalue weighted by atomic mass is 10.1. The maximum Gasteiger partial charge on any atom is 0.394 e. The number of amides is 1. The van der Waals surface area contributed by atoms with Crippen molar-refractivity contribution in [2.45, 2.75) is 24.7 Å². The molecule has 0 aliphatic carbocycles. The van der Waals surface area contributed by atoms with Gasteiger partial charge in [-0.05, 0) is 61.7 Å². The van der Waals surface area contributed by atoms with Gasteiger partial charge in [-0.2, -0.15) is 26.8 Å². The molecule has 206 valence electrons. The average molecular weight is 573 g/mol. The molecule has 0 bridgehead atoms. The number of nitrogens with two attached hydrogens (primary N) is 3. The zero-order valence-corrected chi connectivity index (χ0v) is 21.5. The number of hydrogen-bond acceptors (Lipinski definition) is 11. The van der Waals surface area contributed by atoms with Crippen molar-refractivity contribution in [1.29, 1.82) is 0 Å². The molecule has 9 N–H and O–H groups in total. The van der Waals surface area contributed by atoms with Gasteiger partial charge in [-0.1, -0.05) is 6.07 Å². The Labute approximate surface area is 217 Å². The van der Waals surface area contributed by atoms with E-state index in [0.29, 0.717) is 42.0 Å². The van der Waals surface area contributed by atoms with Crippen LogP contribution < -0.4 is 27.3 Å². The number of rotatable bonds is 8. The first-order chi connectivity index (χ1) is 17.5. The van der Waals surface area contributed by atoms with Gasteiger partial charge in [0.1, 0.15) is 17.4 Å². The molecule has 0 saturated heterocycles. The number of aryl methyl sites for hydroxylation is 1. The summed E-state index contributed by atoms with van der Waals surface area (Å²) in [6, 6.07) is 10.1. The summed E-state index contributed by atoms with van der Waals surface area (Å²) in [4.78, 5) is 19.7. The van der Waals surface area contributed by atoms with E-state index in [2.05, 4.69) is 15.3 Å². The molecule has 0 aliphatic rings. The van der Waals surface area contributed by atoms with E-state index in [1.807, 2.05) is 0 Å². The molecule has 0 fully saturated rings. The zero-order valence-electron chi connectivity index (χ0n) is 19.8. The standard InChI is InChI=1S/C21H23FN6O4S.H2O4S/c1-12-4-9-15(33(22,30)31)11-17(12)20(29)26-13-5-7-14(8-6-13)32-10-2-3-16-18(23)27-21(25)28-19(16)24;1-5(2,3)4/h4-9,11H,2-3,10H2,1H3,(H,26,29)(H6,23,24,25,27,28);(H2,1,2,3,4). The van der Waals surface area contributed by atoms with E-state index in [1.54, 1.807) is 31.2 Å². The number of hydrogen-bond donors (Lipinski definition) is 6. The molecular formula is C21H25FN6O8S2. The van der Waals surface area contributed by atoms with Gasteiger partial charge < -0.3 is 27.3 Å². The third-order valence-corrected chi connectivity index (χ3v) is 5.59. The third kappa shape index (κ3) is 9.77. The number of benzene rings is 2. The normalized spacial score (nSPS) is 11.3. The minimum absolute atomic E-state index is 0.0208. The van der Waals surface area contributed by atoms with Crippen molar-refractivity contribution in [3.8, 4) is 5.75 Å². The maximum atomic E-state index is 13.2. The molecule has 3 aromatic rings. The van der Waals surface area contributed by atoms with Crippen LogP contribution in [0.15, 0.2) is 47.4 Å². The number of carbonyl (C=O) groups is 1. The second kappa shape index (κ2) is 12.5. The Kier molecular flexibility index (Phi) is 9.89. The molecule has 17 heteroatoms. The van der Waals surface area contributed by atoms with Crippen LogP contribution in [0.1, 0.15) is 27.9 Å². The molecular weight excluding hydrogens is 547 g/mol. The Morgan fingerprint density at radius 3 is 2.08 bits per heavy atom. The Hall–Kier alpha value is -4.06. The van der Waals surface area contributed by atoms with Crippen LogP contribution in [0, 0.1) is 6.92 Å². The Bertz CT molecular complexity index is 1490. The average Bonchev–Trinajstić information content (AvgIpc) is 2.77. The maximum absolute atomic E-state index is 13.2. The van der Waals surface area contributed by atoms with Crippen molar-refractivity contribution in [1.82, 2.24) is 9.97 Å². The monoisotopic (exact) mass is 572 g/mol. The summed E-state index contributed by atoms with van der Waals surface area (Å²) in [5.41, 5.74) is 18.8. The predicted molar refractivity (Wildman–Crippen MR) is 137 cm³/mol. The van der Waals surface area contributed by atoms with Gasteiger partial charge in [-0.3, -0.25) is 13.9 Å². The van der Waals surface area contributed by atoms with Crippen molar-refractivity contribution < 1.29 is 39.4 Å². The summed E-state index contributed by atoms with van der Waals surface area (Å²) in [6.45, 7) is 2.00. The quantitative estimate of drug-likeness (QED) is 0.128. The molecule has 0 saturated carbocycles. The van der Waals surface area contributed by atoms with E-state index in [-0.39, 0.29) is 23.1 Å². The smallest absolute Gasteiger partial charge is 0.394 e. The number of carbonyl (C=O) groups excluding carboxylic acids is 1. The lowest BCUT2D eigenvalue weighted by molar-refractivity contribution is 0.102. The summed E-state index contributed by atoms with van der Waals surface area (Å²) < 4.78 is 72.7. The Morgan fingerprint density at radius 2 is 1.55 bits per heavy atom. The van der Waals surface area contributed by atoms with Crippen LogP contribution in [0.25, 0.3) is 0 Å². The number of ether oxygens (including phenoxy) is 1. The summed E-state index contributed by atoms with van der Waals surface area (Å²) in [5, 5.41) is 2.65. The van der Waals surface area contributed by atoms with Crippen molar-refractivity contribution in [2.75, 3.05) is 29.1 Å². The summed E-state index contributed by atoms with van der Waals surface area (Å²) in [6.07, 6.45) is 1.12. The SMILES string of the molecule is Cc1ccc(S(=O)(=O)F)cc1C(=O)Nc1ccc(OCCCc2c(N)nc(N)nc2N)cc1.O=S(=O)(O)O. The summed E-state index contributed by atoms with van der Waals surface area (Å²) in [5.74, 6) is 0.513. The second-order valence-corrected chi connectivity index (χ2v) is 9.87. The van der Waals surface area contributed by atoms with E-state index >= 15 is 0 Å². The van der Waals surface area contributed by atoms with Gasteiger partial charge in [0.15, 0.2) is 0 Å². The van der Waals surface area contributed by atoms with Crippen LogP contribution in [0.2, 0.25) is 0 Å². The molecule has 2 aromatic carbocycles. The van der Waals surface area contributed by atoms with E-state index < -0.39 is 31.4 Å². The molecule has 0 aliphatic heterocycles. The molecule has 1 amide bonds. The van der Waals surface area contributed by atoms with Gasteiger partial charge in [-0.25, -0.2) is 0 Å². The minimum atomic E-state index is -4.91. The number of aromatic nitrogens is 2. The van der Waals surface area contributed by atoms with Gasteiger partial charge in [0.2, 0.25) is 5.95 Å². The summed E-state index contributed by atoms with van der Waals surface area (Å²) >= 11 is 0. The van der Waals surface area contributed by atoms with Crippen LogP contribution in [-0.2, 0) is 27.0 Å². The first kappa shape index (κ1) is 30.2. The fraction of sp³-hybridized carbons (Fsp3) is 0.190. The molecule has 0 unspecified atom stereocenters. The van der Waals surface area contributed by atoms with Gasteiger partial charge in [0.25, 0.3) is 5.91 Å². The predicted octanol–water partition coefficient (Wildman–Crippen LogP) is 1.80.